The molecule has 0 spiro atoms. The van der Waals surface area contributed by atoms with E-state index < -0.39 is 27.6 Å². The van der Waals surface area contributed by atoms with E-state index in [9.17, 15) is 31.5 Å². The average molecular weight is 596 g/mol. The molecule has 2 aromatic heterocycles. The van der Waals surface area contributed by atoms with Crippen LogP contribution in [0.15, 0.2) is 48.8 Å². The summed E-state index contributed by atoms with van der Waals surface area (Å²) in [6.07, 6.45) is -1.40. The van der Waals surface area contributed by atoms with Gasteiger partial charge >= 0.3 is 6.18 Å². The molecule has 2 heterocycles. The fourth-order valence-electron chi connectivity index (χ4n) is 3.80. The molecule has 0 aliphatic heterocycles. The van der Waals surface area contributed by atoms with E-state index in [0.717, 1.165) is 10.6 Å². The lowest BCUT2D eigenvalue weighted by molar-refractivity contribution is -0.137. The normalized spacial score (nSPS) is 12.6. The summed E-state index contributed by atoms with van der Waals surface area (Å²) in [5.74, 6) is -0.934. The van der Waals surface area contributed by atoms with Crippen molar-refractivity contribution >= 4 is 39.2 Å². The van der Waals surface area contributed by atoms with E-state index in [1.807, 2.05) is 13.8 Å². The summed E-state index contributed by atoms with van der Waals surface area (Å²) in [5, 5.41) is 17.6. The van der Waals surface area contributed by atoms with Crippen molar-refractivity contribution in [3.8, 4) is 0 Å². The Balaban J connectivity index is 1.85. The minimum Gasteiger partial charge on any atom is -0.396 e. The number of aliphatic hydroxyl groups excluding tert-OH is 1. The Labute approximate surface area is 236 Å². The van der Waals surface area contributed by atoms with E-state index in [1.54, 1.807) is 18.2 Å². The maximum atomic E-state index is 13.8. The number of nitrogens with zero attached hydrogens (tertiary/aromatic N) is 4. The number of aromatic nitrogens is 3. The lowest BCUT2D eigenvalue weighted by Crippen LogP contribution is -2.39. The van der Waals surface area contributed by atoms with Gasteiger partial charge in [0.1, 0.15) is 17.2 Å². The van der Waals surface area contributed by atoms with Crippen LogP contribution in [0.4, 0.5) is 36.4 Å². The number of hydrogen-bond acceptors (Lipinski definition) is 9. The zero-order valence-electron chi connectivity index (χ0n) is 22.9. The van der Waals surface area contributed by atoms with Gasteiger partial charge in [-0.1, -0.05) is 26.0 Å². The van der Waals surface area contributed by atoms with E-state index in [-0.39, 0.29) is 42.8 Å². The third kappa shape index (κ3) is 8.50. The SMILES string of the molecule is CC(C)[C@H](CCO)NC(=O)c1cccc(Nc2ncc(C(F)(F)F)c(NCc3cccnc3N(C)S(C)(=O)=O)n2)c1. The number of aliphatic hydroxyl groups is 1. The first-order valence-corrected chi connectivity index (χ1v) is 14.4. The number of hydrogen-bond donors (Lipinski definition) is 4. The molecule has 0 unspecified atom stereocenters. The van der Waals surface area contributed by atoms with Crippen LogP contribution < -0.4 is 20.3 Å². The van der Waals surface area contributed by atoms with Gasteiger partial charge in [-0.25, -0.2) is 18.4 Å². The van der Waals surface area contributed by atoms with Crippen LogP contribution in [0, 0.1) is 5.92 Å². The smallest absolute Gasteiger partial charge is 0.396 e. The summed E-state index contributed by atoms with van der Waals surface area (Å²) < 4.78 is 66.2. The Bertz CT molecular complexity index is 1470. The van der Waals surface area contributed by atoms with Gasteiger partial charge < -0.3 is 21.1 Å². The van der Waals surface area contributed by atoms with Gasteiger partial charge in [-0.2, -0.15) is 18.2 Å². The molecule has 0 radical (unpaired) electrons. The molecule has 0 bridgehead atoms. The molecule has 15 heteroatoms. The Hall–Kier alpha value is -3.98. The average Bonchev–Trinajstić information content (AvgIpc) is 2.90. The topological polar surface area (TPSA) is 149 Å². The number of anilines is 4. The summed E-state index contributed by atoms with van der Waals surface area (Å²) in [7, 11) is -2.38. The van der Waals surface area contributed by atoms with E-state index in [1.165, 1.54) is 31.4 Å². The summed E-state index contributed by atoms with van der Waals surface area (Å²) in [5.41, 5.74) is -0.151. The van der Waals surface area contributed by atoms with Crippen molar-refractivity contribution < 1.29 is 31.5 Å². The fourth-order valence-corrected chi connectivity index (χ4v) is 4.28. The number of pyridine rings is 1. The number of carbonyl (C=O) groups is 1. The van der Waals surface area contributed by atoms with Crippen LogP contribution in [0.5, 0.6) is 0 Å². The lowest BCUT2D eigenvalue weighted by atomic mass is 10.0. The largest absolute Gasteiger partial charge is 0.421 e. The standard InChI is InChI=1S/C26H32F3N7O4S/c1-16(2)21(10-12-37)34-24(38)17-7-5-9-19(13-17)33-25-32-15-20(26(27,28)29)22(35-25)31-14-18-8-6-11-30-23(18)36(3)41(4,39)40/h5-9,11,13,15-16,21,37H,10,12,14H2,1-4H3,(H,34,38)(H2,31,32,33,35)/t21-/m0/s1. The van der Waals surface area contributed by atoms with Gasteiger partial charge in [-0.05, 0) is 36.6 Å². The fraction of sp³-hybridized carbons (Fsp3) is 0.385. The Morgan fingerprint density at radius 1 is 1.15 bits per heavy atom. The third-order valence-electron chi connectivity index (χ3n) is 6.15. The second-order valence-electron chi connectivity index (χ2n) is 9.57. The zero-order chi connectivity index (χ0) is 30.4. The maximum Gasteiger partial charge on any atom is 0.421 e. The number of sulfonamides is 1. The van der Waals surface area contributed by atoms with Crippen molar-refractivity contribution in [3.63, 3.8) is 0 Å². The van der Waals surface area contributed by atoms with Crippen LogP contribution in [0.3, 0.4) is 0 Å². The van der Waals surface area contributed by atoms with Crippen molar-refractivity contribution in [2.45, 2.75) is 39.0 Å². The number of amides is 1. The van der Waals surface area contributed by atoms with Crippen molar-refractivity contribution in [2.24, 2.45) is 5.92 Å². The molecule has 3 aromatic rings. The van der Waals surface area contributed by atoms with Crippen LogP contribution in [0.1, 0.15) is 41.8 Å². The van der Waals surface area contributed by atoms with Crippen LogP contribution in [0.25, 0.3) is 0 Å². The maximum absolute atomic E-state index is 13.8. The van der Waals surface area contributed by atoms with E-state index in [0.29, 0.717) is 29.4 Å². The van der Waals surface area contributed by atoms with Crippen molar-refractivity contribution in [2.75, 3.05) is 34.8 Å². The molecule has 1 amide bonds. The quantitative estimate of drug-likeness (QED) is 0.245. The first-order valence-electron chi connectivity index (χ1n) is 12.6. The van der Waals surface area contributed by atoms with Crippen LogP contribution in [0.2, 0.25) is 0 Å². The summed E-state index contributed by atoms with van der Waals surface area (Å²) in [4.78, 5) is 24.6. The lowest BCUT2D eigenvalue weighted by Gasteiger charge is -2.21. The Morgan fingerprint density at radius 3 is 2.51 bits per heavy atom. The predicted octanol–water partition coefficient (Wildman–Crippen LogP) is 3.78. The van der Waals surface area contributed by atoms with Gasteiger partial charge in [0, 0.05) is 55.4 Å². The van der Waals surface area contributed by atoms with E-state index in [4.69, 9.17) is 0 Å². The second-order valence-corrected chi connectivity index (χ2v) is 11.6. The molecule has 0 saturated heterocycles. The molecule has 3 rings (SSSR count). The minimum absolute atomic E-state index is 0.0530. The Kier molecular flexibility index (Phi) is 10.1. The highest BCUT2D eigenvalue weighted by Crippen LogP contribution is 2.34. The molecule has 0 aliphatic carbocycles. The molecular formula is C26H32F3N7O4S. The number of carbonyl (C=O) groups excluding carboxylic acids is 1. The molecule has 0 aliphatic rings. The molecule has 11 nitrogen and oxygen atoms in total. The number of benzene rings is 1. The number of alkyl halides is 3. The van der Waals surface area contributed by atoms with E-state index in [2.05, 4.69) is 30.9 Å². The number of nitrogens with one attached hydrogen (secondary N) is 3. The summed E-state index contributed by atoms with van der Waals surface area (Å²) in [6, 6.07) is 9.10. The summed E-state index contributed by atoms with van der Waals surface area (Å²) in [6.45, 7) is 3.54. The van der Waals surface area contributed by atoms with Crippen LogP contribution in [-0.2, 0) is 22.7 Å². The Morgan fingerprint density at radius 2 is 1.88 bits per heavy atom. The van der Waals surface area contributed by atoms with Crippen molar-refractivity contribution in [1.29, 1.82) is 0 Å². The van der Waals surface area contributed by atoms with Gasteiger partial charge in [0.25, 0.3) is 5.91 Å². The highest BCUT2D eigenvalue weighted by Gasteiger charge is 2.35. The minimum atomic E-state index is -4.78. The number of halogens is 3. The van der Waals surface area contributed by atoms with Gasteiger partial charge in [0.05, 0.1) is 6.26 Å². The molecular weight excluding hydrogens is 563 g/mol. The van der Waals surface area contributed by atoms with Gasteiger partial charge in [-0.15, -0.1) is 0 Å². The van der Waals surface area contributed by atoms with Gasteiger partial charge in [0.2, 0.25) is 16.0 Å². The molecule has 222 valence electrons. The first kappa shape index (κ1) is 31.5. The van der Waals surface area contributed by atoms with E-state index >= 15 is 0 Å². The molecule has 0 fully saturated rings. The summed E-state index contributed by atoms with van der Waals surface area (Å²) >= 11 is 0. The van der Waals surface area contributed by atoms with Crippen molar-refractivity contribution in [1.82, 2.24) is 20.3 Å². The van der Waals surface area contributed by atoms with Crippen molar-refractivity contribution in [3.05, 3.63) is 65.5 Å². The molecule has 41 heavy (non-hydrogen) atoms. The van der Waals surface area contributed by atoms with Gasteiger partial charge in [-0.3, -0.25) is 9.10 Å². The monoisotopic (exact) mass is 595 g/mol. The number of rotatable bonds is 12. The highest BCUT2D eigenvalue weighted by atomic mass is 32.2. The second kappa shape index (κ2) is 13.1. The molecule has 1 atom stereocenters. The molecule has 0 saturated carbocycles. The molecule has 4 N–H and O–H groups in total. The highest BCUT2D eigenvalue weighted by molar-refractivity contribution is 7.92. The first-order chi connectivity index (χ1) is 19.2. The predicted molar refractivity (Wildman–Crippen MR) is 149 cm³/mol. The van der Waals surface area contributed by atoms with Crippen LogP contribution in [-0.4, -0.2) is 60.3 Å². The zero-order valence-corrected chi connectivity index (χ0v) is 23.7. The third-order valence-corrected chi connectivity index (χ3v) is 7.31. The molecule has 1 aromatic carbocycles. The van der Waals surface area contributed by atoms with Gasteiger partial charge in [0.15, 0.2) is 0 Å². The van der Waals surface area contributed by atoms with Crippen LogP contribution >= 0.6 is 0 Å².